The topological polar surface area (TPSA) is 81.7 Å². The Hall–Kier alpha value is -2.81. The second-order valence-corrected chi connectivity index (χ2v) is 4.05. The van der Waals surface area contributed by atoms with E-state index in [2.05, 4.69) is 20.7 Å². The first-order valence-corrected chi connectivity index (χ1v) is 6.04. The molecule has 0 aliphatic heterocycles. The van der Waals surface area contributed by atoms with Gasteiger partial charge in [-0.05, 0) is 24.3 Å². The fourth-order valence-electron chi connectivity index (χ4n) is 1.54. The van der Waals surface area contributed by atoms with Gasteiger partial charge in [0, 0.05) is 11.1 Å². The third-order valence-corrected chi connectivity index (χ3v) is 2.70. The molecule has 1 N–H and O–H groups in total. The van der Waals surface area contributed by atoms with Crippen molar-refractivity contribution < 1.29 is 23.9 Å². The van der Waals surface area contributed by atoms with Crippen molar-refractivity contribution in [3.8, 4) is 12.3 Å². The number of hydrogen-bond acceptors (Lipinski definition) is 5. The normalized spacial score (nSPS) is 10.9. The summed E-state index contributed by atoms with van der Waals surface area (Å²) in [4.78, 5) is 34.8. The van der Waals surface area contributed by atoms with Crippen molar-refractivity contribution >= 4 is 17.8 Å². The molecule has 0 fully saturated rings. The van der Waals surface area contributed by atoms with Crippen LogP contribution in [0.3, 0.4) is 0 Å². The first kappa shape index (κ1) is 16.2. The van der Waals surface area contributed by atoms with Gasteiger partial charge in [0.2, 0.25) is 0 Å². The van der Waals surface area contributed by atoms with E-state index in [9.17, 15) is 14.4 Å². The van der Waals surface area contributed by atoms with Crippen molar-refractivity contribution in [3.05, 3.63) is 35.4 Å². The first-order chi connectivity index (χ1) is 10.0. The molecule has 0 spiro atoms. The zero-order chi connectivity index (χ0) is 15.8. The maximum Gasteiger partial charge on any atom is 0.328 e. The Labute approximate surface area is 122 Å². The van der Waals surface area contributed by atoms with Crippen molar-refractivity contribution in [2.24, 2.45) is 0 Å². The van der Waals surface area contributed by atoms with Gasteiger partial charge >= 0.3 is 11.9 Å². The molecule has 1 rings (SSSR count). The lowest BCUT2D eigenvalue weighted by molar-refractivity contribution is -0.149. The molecule has 0 bridgehead atoms. The van der Waals surface area contributed by atoms with Gasteiger partial charge in [0.05, 0.1) is 20.6 Å². The molecule has 6 heteroatoms. The Bertz CT molecular complexity index is 571. The van der Waals surface area contributed by atoms with Gasteiger partial charge in [0.1, 0.15) is 6.04 Å². The summed E-state index contributed by atoms with van der Waals surface area (Å²) < 4.78 is 9.02. The maximum atomic E-state index is 12.0. The molecule has 1 aromatic rings. The van der Waals surface area contributed by atoms with Crippen LogP contribution in [0, 0.1) is 12.3 Å². The van der Waals surface area contributed by atoms with Crippen LogP contribution in [0.15, 0.2) is 24.3 Å². The quantitative estimate of drug-likeness (QED) is 0.630. The number of benzene rings is 1. The Morgan fingerprint density at radius 1 is 1.19 bits per heavy atom. The average Bonchev–Trinajstić information content (AvgIpc) is 2.53. The van der Waals surface area contributed by atoms with Gasteiger partial charge in [-0.3, -0.25) is 9.59 Å². The van der Waals surface area contributed by atoms with E-state index in [1.54, 1.807) is 12.1 Å². The molecule has 0 saturated carbocycles. The highest BCUT2D eigenvalue weighted by Crippen LogP contribution is 2.05. The van der Waals surface area contributed by atoms with E-state index in [-0.39, 0.29) is 6.42 Å². The zero-order valence-corrected chi connectivity index (χ0v) is 11.7. The third-order valence-electron chi connectivity index (χ3n) is 2.70. The highest BCUT2D eigenvalue weighted by atomic mass is 16.5. The second-order valence-electron chi connectivity index (χ2n) is 4.05. The van der Waals surface area contributed by atoms with E-state index < -0.39 is 23.9 Å². The molecule has 0 radical (unpaired) electrons. The van der Waals surface area contributed by atoms with Crippen molar-refractivity contribution in [1.82, 2.24) is 5.32 Å². The van der Waals surface area contributed by atoms with Crippen LogP contribution in [0.25, 0.3) is 0 Å². The van der Waals surface area contributed by atoms with Crippen molar-refractivity contribution in [1.29, 1.82) is 0 Å². The van der Waals surface area contributed by atoms with Crippen LogP contribution in [0.1, 0.15) is 22.3 Å². The number of methoxy groups -OCH3 is 2. The van der Waals surface area contributed by atoms with Gasteiger partial charge in [-0.15, -0.1) is 6.42 Å². The number of ether oxygens (including phenoxy) is 2. The number of hydrogen-bond donors (Lipinski definition) is 1. The molecule has 0 aliphatic carbocycles. The number of rotatable bonds is 5. The summed E-state index contributed by atoms with van der Waals surface area (Å²) >= 11 is 0. The van der Waals surface area contributed by atoms with Crippen LogP contribution >= 0.6 is 0 Å². The van der Waals surface area contributed by atoms with E-state index in [4.69, 9.17) is 6.42 Å². The lowest BCUT2D eigenvalue weighted by Crippen LogP contribution is -2.43. The molecular weight excluding hydrogens is 274 g/mol. The lowest BCUT2D eigenvalue weighted by Gasteiger charge is -2.15. The minimum absolute atomic E-state index is 0.308. The molecule has 1 unspecified atom stereocenters. The highest BCUT2D eigenvalue weighted by molar-refractivity contribution is 5.97. The van der Waals surface area contributed by atoms with Crippen LogP contribution in [-0.2, 0) is 19.1 Å². The van der Waals surface area contributed by atoms with Gasteiger partial charge in [-0.2, -0.15) is 0 Å². The van der Waals surface area contributed by atoms with Gasteiger partial charge < -0.3 is 14.8 Å². The van der Waals surface area contributed by atoms with E-state index in [1.165, 1.54) is 26.4 Å². The second kappa shape index (κ2) is 7.70. The predicted molar refractivity (Wildman–Crippen MR) is 74.3 cm³/mol. The molecular formula is C15H15NO5. The molecule has 1 atom stereocenters. The van der Waals surface area contributed by atoms with E-state index in [0.717, 1.165) is 0 Å². The summed E-state index contributed by atoms with van der Waals surface area (Å²) in [5.41, 5.74) is 0.943. The smallest absolute Gasteiger partial charge is 0.328 e. The Morgan fingerprint density at radius 3 is 2.29 bits per heavy atom. The van der Waals surface area contributed by atoms with Crippen LogP contribution in [0.4, 0.5) is 0 Å². The fourth-order valence-corrected chi connectivity index (χ4v) is 1.54. The molecule has 0 saturated heterocycles. The van der Waals surface area contributed by atoms with E-state index in [1.807, 2.05) is 0 Å². The van der Waals surface area contributed by atoms with E-state index in [0.29, 0.717) is 11.1 Å². The fraction of sp³-hybridized carbons (Fsp3) is 0.267. The van der Waals surface area contributed by atoms with Crippen LogP contribution in [0.2, 0.25) is 0 Å². The van der Waals surface area contributed by atoms with Crippen LogP contribution < -0.4 is 5.32 Å². The monoisotopic (exact) mass is 289 g/mol. The largest absolute Gasteiger partial charge is 0.469 e. The minimum Gasteiger partial charge on any atom is -0.469 e. The van der Waals surface area contributed by atoms with Gasteiger partial charge in [0.15, 0.2) is 0 Å². The number of esters is 2. The number of carbonyl (C=O) groups excluding carboxylic acids is 3. The Kier molecular flexibility index (Phi) is 5.96. The molecule has 0 heterocycles. The van der Waals surface area contributed by atoms with Gasteiger partial charge in [-0.1, -0.05) is 5.92 Å². The summed E-state index contributed by atoms with van der Waals surface area (Å²) in [5, 5.41) is 2.42. The molecule has 110 valence electrons. The SMILES string of the molecule is C#Cc1ccc(C(=O)NC(CC(=O)OC)C(=O)OC)cc1. The van der Waals surface area contributed by atoms with Gasteiger partial charge in [0.25, 0.3) is 5.91 Å². The first-order valence-electron chi connectivity index (χ1n) is 6.04. The zero-order valence-electron chi connectivity index (χ0n) is 11.7. The standard InChI is InChI=1S/C15H15NO5/c1-4-10-5-7-11(8-6-10)14(18)16-12(15(19)21-3)9-13(17)20-2/h1,5-8,12H,9H2,2-3H3,(H,16,18). The van der Waals surface area contributed by atoms with Crippen LogP contribution in [-0.4, -0.2) is 38.1 Å². The summed E-state index contributed by atoms with van der Waals surface area (Å²) in [5.74, 6) is 0.553. The predicted octanol–water partition coefficient (Wildman–Crippen LogP) is 0.502. The van der Waals surface area contributed by atoms with Crippen molar-refractivity contribution in [2.75, 3.05) is 14.2 Å². The summed E-state index contributed by atoms with van der Waals surface area (Å²) in [6.07, 6.45) is 4.91. The van der Waals surface area contributed by atoms with Crippen molar-refractivity contribution in [2.45, 2.75) is 12.5 Å². The van der Waals surface area contributed by atoms with Gasteiger partial charge in [-0.25, -0.2) is 4.79 Å². The number of nitrogens with one attached hydrogen (secondary N) is 1. The number of carbonyl (C=O) groups is 3. The van der Waals surface area contributed by atoms with Crippen LogP contribution in [0.5, 0.6) is 0 Å². The molecule has 0 aliphatic rings. The molecule has 1 aromatic carbocycles. The molecule has 6 nitrogen and oxygen atoms in total. The Balaban J connectivity index is 2.81. The highest BCUT2D eigenvalue weighted by Gasteiger charge is 2.25. The van der Waals surface area contributed by atoms with E-state index >= 15 is 0 Å². The lowest BCUT2D eigenvalue weighted by atomic mass is 10.1. The molecule has 0 aromatic heterocycles. The average molecular weight is 289 g/mol. The summed E-state index contributed by atoms with van der Waals surface area (Å²) in [6.45, 7) is 0. The van der Waals surface area contributed by atoms with Crippen molar-refractivity contribution in [3.63, 3.8) is 0 Å². The summed E-state index contributed by atoms with van der Waals surface area (Å²) in [6, 6.07) is 5.14. The number of amides is 1. The Morgan fingerprint density at radius 2 is 1.81 bits per heavy atom. The molecule has 21 heavy (non-hydrogen) atoms. The maximum absolute atomic E-state index is 12.0. The number of terminal acetylenes is 1. The molecule has 1 amide bonds. The minimum atomic E-state index is -1.11. The third kappa shape index (κ3) is 4.66. The summed E-state index contributed by atoms with van der Waals surface area (Å²) in [7, 11) is 2.36.